The van der Waals surface area contributed by atoms with Crippen LogP contribution in [0.3, 0.4) is 0 Å². The molecule has 1 spiro atoms. The van der Waals surface area contributed by atoms with Crippen LogP contribution in [0.2, 0.25) is 0 Å². The molecule has 2 saturated heterocycles. The lowest BCUT2D eigenvalue weighted by molar-refractivity contribution is -0.146. The Morgan fingerprint density at radius 1 is 1.24 bits per heavy atom. The molecule has 1 aliphatic carbocycles. The van der Waals surface area contributed by atoms with Crippen LogP contribution in [-0.2, 0) is 11.3 Å². The van der Waals surface area contributed by atoms with Crippen molar-refractivity contribution in [3.63, 3.8) is 0 Å². The average molecular weight is 363 g/mol. The molecule has 138 valence electrons. The number of hydrogen-bond acceptors (Lipinski definition) is 5. The van der Waals surface area contributed by atoms with Gasteiger partial charge < -0.3 is 4.90 Å². The Morgan fingerprint density at radius 2 is 2.08 bits per heavy atom. The highest BCUT2D eigenvalue weighted by atomic mass is 32.1. The number of likely N-dealkylation sites (tertiary alicyclic amines) is 2. The maximum atomic E-state index is 13.2. The van der Waals surface area contributed by atoms with Gasteiger partial charge in [-0.1, -0.05) is 24.8 Å². The summed E-state index contributed by atoms with van der Waals surface area (Å²) < 4.78 is 4.15. The monoisotopic (exact) mass is 362 g/mol. The van der Waals surface area contributed by atoms with Crippen molar-refractivity contribution >= 4 is 17.4 Å². The summed E-state index contributed by atoms with van der Waals surface area (Å²) in [5.41, 5.74) is 1.02. The lowest BCUT2D eigenvalue weighted by atomic mass is 9.77. The van der Waals surface area contributed by atoms with Gasteiger partial charge in [0.15, 0.2) is 0 Å². The minimum absolute atomic E-state index is 0.113. The lowest BCUT2D eigenvalue weighted by Crippen LogP contribution is -2.51. The van der Waals surface area contributed by atoms with Gasteiger partial charge in [-0.3, -0.25) is 9.69 Å². The van der Waals surface area contributed by atoms with Crippen LogP contribution in [0.25, 0.3) is 0 Å². The highest BCUT2D eigenvalue weighted by Gasteiger charge is 2.48. The van der Waals surface area contributed by atoms with Gasteiger partial charge in [0, 0.05) is 26.2 Å². The summed E-state index contributed by atoms with van der Waals surface area (Å²) in [6, 6.07) is 0. The summed E-state index contributed by atoms with van der Waals surface area (Å²) >= 11 is 1.52. The smallest absolute Gasteiger partial charge is 0.230 e. The molecular weight excluding hydrogens is 332 g/mol. The van der Waals surface area contributed by atoms with Gasteiger partial charge in [-0.2, -0.15) is 0 Å². The largest absolute Gasteiger partial charge is 0.342 e. The molecule has 3 aliphatic rings. The zero-order valence-corrected chi connectivity index (χ0v) is 16.4. The Balaban J connectivity index is 1.41. The first-order valence-corrected chi connectivity index (χ1v) is 10.7. The molecule has 1 saturated carbocycles. The Morgan fingerprint density at radius 3 is 2.80 bits per heavy atom. The van der Waals surface area contributed by atoms with Gasteiger partial charge in [-0.25, -0.2) is 0 Å². The quantitative estimate of drug-likeness (QED) is 0.807. The summed E-state index contributed by atoms with van der Waals surface area (Å²) in [5, 5.41) is 4.30. The van der Waals surface area contributed by atoms with E-state index >= 15 is 0 Å². The van der Waals surface area contributed by atoms with Gasteiger partial charge in [-0.15, -0.1) is 5.10 Å². The van der Waals surface area contributed by atoms with Gasteiger partial charge >= 0.3 is 0 Å². The van der Waals surface area contributed by atoms with E-state index in [2.05, 4.69) is 33.2 Å². The third-order valence-corrected chi connectivity index (χ3v) is 7.18. The summed E-state index contributed by atoms with van der Waals surface area (Å²) in [4.78, 5) is 19.2. The molecule has 3 fully saturated rings. The molecule has 0 N–H and O–H groups in total. The van der Waals surface area contributed by atoms with Crippen molar-refractivity contribution in [3.05, 3.63) is 10.6 Å². The van der Waals surface area contributed by atoms with Gasteiger partial charge in [0.2, 0.25) is 5.91 Å². The van der Waals surface area contributed by atoms with Crippen LogP contribution in [0, 0.1) is 11.3 Å². The van der Waals surface area contributed by atoms with Crippen LogP contribution in [-0.4, -0.2) is 51.5 Å². The number of rotatable bonds is 5. The minimum Gasteiger partial charge on any atom is -0.342 e. The molecule has 0 aromatic carbocycles. The number of carbonyl (C=O) groups excluding carboxylic acids is 1. The van der Waals surface area contributed by atoms with Crippen LogP contribution >= 0.6 is 11.5 Å². The molecular formula is C19H30N4OS. The molecule has 1 atom stereocenters. The van der Waals surface area contributed by atoms with Crippen molar-refractivity contribution in [2.24, 2.45) is 11.3 Å². The normalized spacial score (nSPS) is 28.3. The predicted octanol–water partition coefficient (Wildman–Crippen LogP) is 3.28. The number of nitrogens with zero attached hydrogens (tertiary/aromatic N) is 4. The van der Waals surface area contributed by atoms with Crippen molar-refractivity contribution in [3.8, 4) is 0 Å². The molecule has 6 heteroatoms. The third-order valence-electron chi connectivity index (χ3n) is 6.46. The lowest BCUT2D eigenvalue weighted by Gasteiger charge is -2.42. The van der Waals surface area contributed by atoms with E-state index in [0.717, 1.165) is 57.2 Å². The summed E-state index contributed by atoms with van der Waals surface area (Å²) in [5.74, 6) is 1.63. The van der Waals surface area contributed by atoms with Crippen molar-refractivity contribution < 1.29 is 4.79 Å². The Hall–Kier alpha value is -1.01. The molecule has 1 amide bonds. The zero-order valence-electron chi connectivity index (χ0n) is 15.5. The van der Waals surface area contributed by atoms with E-state index in [0.29, 0.717) is 11.8 Å². The maximum Gasteiger partial charge on any atom is 0.230 e. The fourth-order valence-electron chi connectivity index (χ4n) is 4.75. The molecule has 0 radical (unpaired) electrons. The molecule has 5 nitrogen and oxygen atoms in total. The van der Waals surface area contributed by atoms with E-state index in [1.165, 1.54) is 42.1 Å². The van der Waals surface area contributed by atoms with Crippen LogP contribution < -0.4 is 0 Å². The van der Waals surface area contributed by atoms with Crippen molar-refractivity contribution in [1.29, 1.82) is 0 Å². The van der Waals surface area contributed by atoms with Crippen LogP contribution in [0.4, 0.5) is 0 Å². The molecule has 2 aliphatic heterocycles. The first-order valence-electron chi connectivity index (χ1n) is 9.90. The van der Waals surface area contributed by atoms with Gasteiger partial charge in [0.1, 0.15) is 0 Å². The first-order chi connectivity index (χ1) is 12.1. The fraction of sp³-hybridized carbons (Fsp3) is 0.842. The summed E-state index contributed by atoms with van der Waals surface area (Å²) in [6.07, 6.45) is 7.26. The van der Waals surface area contributed by atoms with E-state index < -0.39 is 0 Å². The zero-order chi connectivity index (χ0) is 17.4. The fourth-order valence-corrected chi connectivity index (χ4v) is 5.59. The number of amides is 1. The van der Waals surface area contributed by atoms with E-state index in [-0.39, 0.29) is 5.41 Å². The highest BCUT2D eigenvalue weighted by molar-refractivity contribution is 7.05. The molecule has 0 unspecified atom stereocenters. The standard InChI is InChI=1S/C19H30N4OS/c1-14(2)17-16(25-21-20-17)12-22-10-8-19(13-22)7-4-9-23(18(19)24)11-15-5-3-6-15/h14-15H,3-13H2,1-2H3/t19-/m1/s1. The molecule has 4 rings (SSSR count). The topological polar surface area (TPSA) is 49.3 Å². The third kappa shape index (κ3) is 3.35. The Bertz CT molecular complexity index is 627. The Kier molecular flexibility index (Phi) is 4.84. The van der Waals surface area contributed by atoms with E-state index in [9.17, 15) is 4.79 Å². The first kappa shape index (κ1) is 17.4. The molecule has 0 bridgehead atoms. The minimum atomic E-state index is -0.113. The molecule has 25 heavy (non-hydrogen) atoms. The SMILES string of the molecule is CC(C)c1nnsc1CN1CC[C@]2(CCCN(CC3CCC3)C2=O)C1. The van der Waals surface area contributed by atoms with E-state index in [4.69, 9.17) is 0 Å². The molecule has 3 heterocycles. The maximum absolute atomic E-state index is 13.2. The highest BCUT2D eigenvalue weighted by Crippen LogP contribution is 2.42. The van der Waals surface area contributed by atoms with Gasteiger partial charge in [0.25, 0.3) is 0 Å². The second-order valence-electron chi connectivity index (χ2n) is 8.63. The van der Waals surface area contributed by atoms with Crippen LogP contribution in [0.5, 0.6) is 0 Å². The summed E-state index contributed by atoms with van der Waals surface area (Å²) in [6.45, 7) is 9.19. The number of carbonyl (C=O) groups is 1. The second kappa shape index (κ2) is 6.95. The molecule has 1 aromatic heterocycles. The van der Waals surface area contributed by atoms with Gasteiger partial charge in [-0.05, 0) is 62.0 Å². The van der Waals surface area contributed by atoms with E-state index in [1.54, 1.807) is 0 Å². The molecule has 1 aromatic rings. The number of hydrogen-bond donors (Lipinski definition) is 0. The number of piperidine rings is 1. The van der Waals surface area contributed by atoms with Crippen LogP contribution in [0.15, 0.2) is 0 Å². The van der Waals surface area contributed by atoms with Crippen molar-refractivity contribution in [2.75, 3.05) is 26.2 Å². The summed E-state index contributed by atoms with van der Waals surface area (Å²) in [7, 11) is 0. The van der Waals surface area contributed by atoms with Crippen molar-refractivity contribution in [2.45, 2.75) is 64.8 Å². The van der Waals surface area contributed by atoms with E-state index in [1.807, 2.05) is 0 Å². The Labute approximate surface area is 154 Å². The predicted molar refractivity (Wildman–Crippen MR) is 99.5 cm³/mol. The van der Waals surface area contributed by atoms with Crippen LogP contribution in [0.1, 0.15) is 68.9 Å². The average Bonchev–Trinajstić information content (AvgIpc) is 3.16. The van der Waals surface area contributed by atoms with Crippen molar-refractivity contribution in [1.82, 2.24) is 19.4 Å². The van der Waals surface area contributed by atoms with Gasteiger partial charge in [0.05, 0.1) is 16.0 Å². The number of aromatic nitrogens is 2. The second-order valence-corrected chi connectivity index (χ2v) is 9.47.